The number of hydrogen-bond acceptors (Lipinski definition) is 3. The molecular weight excluding hydrogens is 336 g/mol. The summed E-state index contributed by atoms with van der Waals surface area (Å²) >= 11 is 0. The number of halogens is 1. The van der Waals surface area contributed by atoms with E-state index in [1.807, 2.05) is 24.3 Å². The van der Waals surface area contributed by atoms with Gasteiger partial charge in [-0.3, -0.25) is 4.79 Å². The number of carbonyl (C=O) groups is 1. The topological polar surface area (TPSA) is 64.4 Å². The van der Waals surface area contributed by atoms with Crippen LogP contribution in [0.5, 0.6) is 5.75 Å². The summed E-state index contributed by atoms with van der Waals surface area (Å²) in [5.74, 6) is 1.73. The van der Waals surface area contributed by atoms with Crippen molar-refractivity contribution in [2.75, 3.05) is 13.2 Å². The number of benzene rings is 1. The molecule has 0 atom stereocenters. The van der Waals surface area contributed by atoms with Gasteiger partial charge in [0.25, 0.3) is 0 Å². The molecule has 3 N–H and O–H groups in total. The van der Waals surface area contributed by atoms with E-state index in [4.69, 9.17) is 10.5 Å². The highest BCUT2D eigenvalue weighted by molar-refractivity contribution is 5.85. The molecule has 2 fully saturated rings. The molecule has 0 heterocycles. The van der Waals surface area contributed by atoms with Gasteiger partial charge in [-0.25, -0.2) is 0 Å². The van der Waals surface area contributed by atoms with Crippen LogP contribution in [-0.2, 0) is 11.3 Å². The third-order valence-electron chi connectivity index (χ3n) is 5.50. The van der Waals surface area contributed by atoms with E-state index < -0.39 is 0 Å². The van der Waals surface area contributed by atoms with Crippen LogP contribution in [0.1, 0.15) is 56.9 Å². The summed E-state index contributed by atoms with van der Waals surface area (Å²) in [7, 11) is 0. The molecule has 0 bridgehead atoms. The zero-order chi connectivity index (χ0) is 16.8. The van der Waals surface area contributed by atoms with E-state index in [0.29, 0.717) is 19.5 Å². The van der Waals surface area contributed by atoms with Gasteiger partial charge in [0, 0.05) is 18.5 Å². The molecule has 1 aromatic rings. The van der Waals surface area contributed by atoms with E-state index >= 15 is 0 Å². The quantitative estimate of drug-likeness (QED) is 0.735. The summed E-state index contributed by atoms with van der Waals surface area (Å²) in [4.78, 5) is 12.4. The zero-order valence-corrected chi connectivity index (χ0v) is 15.8. The van der Waals surface area contributed by atoms with Crippen molar-refractivity contribution in [1.82, 2.24) is 5.32 Å². The summed E-state index contributed by atoms with van der Waals surface area (Å²) < 4.78 is 5.91. The normalized spacial score (nSPS) is 18.9. The van der Waals surface area contributed by atoms with Crippen molar-refractivity contribution in [2.24, 2.45) is 17.1 Å². The molecule has 2 saturated carbocycles. The maximum absolute atomic E-state index is 12.4. The fraction of sp³-hybridized carbons (Fsp3) is 0.650. The van der Waals surface area contributed by atoms with E-state index in [1.54, 1.807) is 0 Å². The average Bonchev–Trinajstić information content (AvgIpc) is 3.44. The predicted molar refractivity (Wildman–Crippen MR) is 103 cm³/mol. The van der Waals surface area contributed by atoms with Gasteiger partial charge in [0.15, 0.2) is 0 Å². The predicted octanol–water partition coefficient (Wildman–Crippen LogP) is 3.81. The fourth-order valence-electron chi connectivity index (χ4n) is 3.63. The second kappa shape index (κ2) is 9.44. The number of amides is 1. The fourth-order valence-corrected chi connectivity index (χ4v) is 3.63. The lowest BCUT2D eigenvalue weighted by Gasteiger charge is -2.35. The molecule has 0 unspecified atom stereocenters. The Balaban J connectivity index is 0.00000225. The minimum absolute atomic E-state index is 0. The molecule has 2 aliphatic rings. The largest absolute Gasteiger partial charge is 0.493 e. The number of carbonyl (C=O) groups excluding carboxylic acids is 1. The van der Waals surface area contributed by atoms with Crippen molar-refractivity contribution in [2.45, 2.75) is 57.9 Å². The van der Waals surface area contributed by atoms with Gasteiger partial charge in [-0.1, -0.05) is 37.5 Å². The first-order chi connectivity index (χ1) is 11.7. The Morgan fingerprint density at radius 3 is 2.60 bits per heavy atom. The van der Waals surface area contributed by atoms with Crippen LogP contribution < -0.4 is 15.8 Å². The number of ether oxygens (including phenoxy) is 1. The van der Waals surface area contributed by atoms with Crippen LogP contribution in [-0.4, -0.2) is 19.1 Å². The van der Waals surface area contributed by atoms with Crippen molar-refractivity contribution >= 4 is 18.3 Å². The second-order valence-electron chi connectivity index (χ2n) is 7.58. The average molecular weight is 367 g/mol. The highest BCUT2D eigenvalue weighted by Gasteiger charge is 2.32. The Hall–Kier alpha value is -1.26. The first kappa shape index (κ1) is 20.1. The standard InChI is InChI=1S/C20H30N2O2.ClH/c21-15-20(10-4-1-5-11-20)12-19(23)22-13-17-6-2-3-7-18(17)24-14-16-8-9-16;/h2-3,6-7,16H,1,4-5,8-15,21H2,(H,22,23);1H. The van der Waals surface area contributed by atoms with Crippen molar-refractivity contribution < 1.29 is 9.53 Å². The Morgan fingerprint density at radius 1 is 1.20 bits per heavy atom. The highest BCUT2D eigenvalue weighted by Crippen LogP contribution is 2.38. The molecular formula is C20H31ClN2O2. The van der Waals surface area contributed by atoms with E-state index in [1.165, 1.54) is 32.1 Å². The molecule has 2 aliphatic carbocycles. The lowest BCUT2D eigenvalue weighted by molar-refractivity contribution is -0.124. The van der Waals surface area contributed by atoms with E-state index in [0.717, 1.165) is 36.7 Å². The van der Waals surface area contributed by atoms with Crippen LogP contribution in [0.3, 0.4) is 0 Å². The van der Waals surface area contributed by atoms with Gasteiger partial charge in [-0.05, 0) is 49.6 Å². The van der Waals surface area contributed by atoms with Crippen LogP contribution in [0.2, 0.25) is 0 Å². The molecule has 5 heteroatoms. The summed E-state index contributed by atoms with van der Waals surface area (Å²) in [6.45, 7) is 1.93. The maximum atomic E-state index is 12.4. The first-order valence-corrected chi connectivity index (χ1v) is 9.38. The Kier molecular flexibility index (Phi) is 7.57. The third-order valence-corrected chi connectivity index (χ3v) is 5.50. The van der Waals surface area contributed by atoms with E-state index in [2.05, 4.69) is 5.32 Å². The van der Waals surface area contributed by atoms with Crippen LogP contribution in [0, 0.1) is 11.3 Å². The molecule has 0 aliphatic heterocycles. The Bertz CT molecular complexity index is 554. The smallest absolute Gasteiger partial charge is 0.220 e. The minimum Gasteiger partial charge on any atom is -0.493 e. The van der Waals surface area contributed by atoms with Gasteiger partial charge < -0.3 is 15.8 Å². The van der Waals surface area contributed by atoms with Crippen LogP contribution in [0.15, 0.2) is 24.3 Å². The van der Waals surface area contributed by atoms with Gasteiger partial charge in [0.2, 0.25) is 5.91 Å². The molecule has 25 heavy (non-hydrogen) atoms. The lowest BCUT2D eigenvalue weighted by Crippen LogP contribution is -2.38. The van der Waals surface area contributed by atoms with Gasteiger partial charge in [-0.2, -0.15) is 0 Å². The van der Waals surface area contributed by atoms with E-state index in [-0.39, 0.29) is 23.7 Å². The summed E-state index contributed by atoms with van der Waals surface area (Å²) in [5.41, 5.74) is 7.06. The van der Waals surface area contributed by atoms with Crippen molar-refractivity contribution in [3.8, 4) is 5.75 Å². The number of para-hydroxylation sites is 1. The number of nitrogens with one attached hydrogen (secondary N) is 1. The molecule has 1 amide bonds. The maximum Gasteiger partial charge on any atom is 0.220 e. The van der Waals surface area contributed by atoms with Crippen molar-refractivity contribution in [3.05, 3.63) is 29.8 Å². The van der Waals surface area contributed by atoms with Crippen molar-refractivity contribution in [1.29, 1.82) is 0 Å². The summed E-state index contributed by atoms with van der Waals surface area (Å²) in [6, 6.07) is 8.00. The molecule has 1 aromatic carbocycles. The number of rotatable bonds is 8. The lowest BCUT2D eigenvalue weighted by atomic mass is 9.71. The minimum atomic E-state index is 0. The van der Waals surface area contributed by atoms with Gasteiger partial charge in [0.05, 0.1) is 6.61 Å². The molecule has 4 nitrogen and oxygen atoms in total. The Morgan fingerprint density at radius 2 is 1.92 bits per heavy atom. The molecule has 140 valence electrons. The van der Waals surface area contributed by atoms with Crippen LogP contribution in [0.4, 0.5) is 0 Å². The Labute approximate surface area is 157 Å². The van der Waals surface area contributed by atoms with Gasteiger partial charge in [-0.15, -0.1) is 12.4 Å². The first-order valence-electron chi connectivity index (χ1n) is 9.38. The number of nitrogens with two attached hydrogens (primary N) is 1. The highest BCUT2D eigenvalue weighted by atomic mass is 35.5. The number of hydrogen-bond donors (Lipinski definition) is 2. The molecule has 0 saturated heterocycles. The van der Waals surface area contributed by atoms with E-state index in [9.17, 15) is 4.79 Å². The SMILES string of the molecule is Cl.NCC1(CC(=O)NCc2ccccc2OCC2CC2)CCCCC1. The molecule has 0 spiro atoms. The van der Waals surface area contributed by atoms with Crippen LogP contribution >= 0.6 is 12.4 Å². The third kappa shape index (κ3) is 5.89. The summed E-state index contributed by atoms with van der Waals surface area (Å²) in [5, 5.41) is 3.07. The molecule has 0 aromatic heterocycles. The monoisotopic (exact) mass is 366 g/mol. The summed E-state index contributed by atoms with van der Waals surface area (Å²) in [6.07, 6.45) is 8.93. The van der Waals surface area contributed by atoms with Crippen molar-refractivity contribution in [3.63, 3.8) is 0 Å². The molecule has 0 radical (unpaired) electrons. The van der Waals surface area contributed by atoms with Crippen LogP contribution in [0.25, 0.3) is 0 Å². The van der Waals surface area contributed by atoms with Gasteiger partial charge in [0.1, 0.15) is 5.75 Å². The van der Waals surface area contributed by atoms with Gasteiger partial charge >= 0.3 is 0 Å². The second-order valence-corrected chi connectivity index (χ2v) is 7.58. The molecule has 3 rings (SSSR count). The zero-order valence-electron chi connectivity index (χ0n) is 15.0.